The average molecular weight is 249 g/mol. The van der Waals surface area contributed by atoms with Crippen LogP contribution in [0, 0.1) is 0 Å². The van der Waals surface area contributed by atoms with Gasteiger partial charge in [0.1, 0.15) is 0 Å². The Balaban J connectivity index is -0.0000000221. The molecule has 0 aromatic rings. The van der Waals surface area contributed by atoms with E-state index in [4.69, 9.17) is 28.7 Å². The highest BCUT2D eigenvalue weighted by Crippen LogP contribution is 1.24. The fraction of sp³-hybridized carbons (Fsp3) is 0.500. The van der Waals surface area contributed by atoms with Crippen molar-refractivity contribution in [1.82, 2.24) is 0 Å². The van der Waals surface area contributed by atoms with Gasteiger partial charge in [0.05, 0.1) is 0 Å². The zero-order chi connectivity index (χ0) is 15.5. The zero-order valence-electron chi connectivity index (χ0n) is 11.7. The van der Waals surface area contributed by atoms with Crippen molar-refractivity contribution in [2.24, 2.45) is 28.7 Å². The summed E-state index contributed by atoms with van der Waals surface area (Å²) in [7, 11) is 0. The first-order valence-corrected chi connectivity index (χ1v) is 5.25. The van der Waals surface area contributed by atoms with Gasteiger partial charge in [-0.3, -0.25) is 0 Å². The fourth-order valence-corrected chi connectivity index (χ4v) is 0. The summed E-state index contributed by atoms with van der Waals surface area (Å²) in [6.45, 7) is 23.0. The SMILES string of the molecule is C=C.C=C.C=C.CCN.NCCN.NCCN. The van der Waals surface area contributed by atoms with Crippen LogP contribution in [0.5, 0.6) is 0 Å². The summed E-state index contributed by atoms with van der Waals surface area (Å²) in [6.07, 6.45) is 0. The Labute approximate surface area is 108 Å². The van der Waals surface area contributed by atoms with Crippen LogP contribution in [0.4, 0.5) is 0 Å². The molecule has 0 saturated heterocycles. The summed E-state index contributed by atoms with van der Waals surface area (Å²) in [5.74, 6) is 0. The van der Waals surface area contributed by atoms with Gasteiger partial charge in [-0.25, -0.2) is 0 Å². The molecule has 10 N–H and O–H groups in total. The second-order valence-electron chi connectivity index (χ2n) is 1.56. The van der Waals surface area contributed by atoms with Crippen molar-refractivity contribution >= 4 is 0 Å². The molecule has 0 fully saturated rings. The van der Waals surface area contributed by atoms with Gasteiger partial charge < -0.3 is 28.7 Å². The molecule has 0 unspecified atom stereocenters. The first-order valence-electron chi connectivity index (χ1n) is 5.25. The van der Waals surface area contributed by atoms with E-state index in [0.717, 1.165) is 6.54 Å². The molecule has 5 heteroatoms. The van der Waals surface area contributed by atoms with Crippen LogP contribution < -0.4 is 28.7 Å². The van der Waals surface area contributed by atoms with Crippen molar-refractivity contribution in [2.45, 2.75) is 6.92 Å². The van der Waals surface area contributed by atoms with E-state index < -0.39 is 0 Å². The van der Waals surface area contributed by atoms with Gasteiger partial charge in [-0.2, -0.15) is 0 Å². The predicted molar refractivity (Wildman–Crippen MR) is 84.7 cm³/mol. The number of hydrogen-bond acceptors (Lipinski definition) is 5. The van der Waals surface area contributed by atoms with Crippen molar-refractivity contribution in [3.63, 3.8) is 0 Å². The largest absolute Gasteiger partial charge is 0.331 e. The molecule has 0 heterocycles. The Morgan fingerprint density at radius 1 is 0.529 bits per heavy atom. The van der Waals surface area contributed by atoms with E-state index in [1.165, 1.54) is 0 Å². The smallest absolute Gasteiger partial charge is 0.00461 e. The van der Waals surface area contributed by atoms with Gasteiger partial charge in [0.2, 0.25) is 0 Å². The Bertz CT molecular complexity index is 50.1. The number of hydrogen-bond donors (Lipinski definition) is 5. The molecule has 0 spiro atoms. The van der Waals surface area contributed by atoms with Crippen LogP contribution in [0.2, 0.25) is 0 Å². The number of nitrogens with two attached hydrogens (primary N) is 5. The first-order chi connectivity index (χ1) is 8.24. The third-order valence-corrected chi connectivity index (χ3v) is 0.333. The highest BCUT2D eigenvalue weighted by molar-refractivity contribution is 4.26. The van der Waals surface area contributed by atoms with Crippen LogP contribution in [-0.4, -0.2) is 32.7 Å². The van der Waals surface area contributed by atoms with E-state index in [0.29, 0.717) is 26.2 Å². The maximum absolute atomic E-state index is 4.90. The van der Waals surface area contributed by atoms with Gasteiger partial charge in [0, 0.05) is 26.2 Å². The summed E-state index contributed by atoms with van der Waals surface area (Å²) in [4.78, 5) is 0. The van der Waals surface area contributed by atoms with Crippen molar-refractivity contribution in [2.75, 3.05) is 32.7 Å². The molecule has 0 rings (SSSR count). The molecule has 17 heavy (non-hydrogen) atoms. The molecular weight excluding hydrogens is 214 g/mol. The summed E-state index contributed by atoms with van der Waals surface area (Å²) in [5.41, 5.74) is 24.5. The molecule has 0 saturated carbocycles. The maximum Gasteiger partial charge on any atom is 0.00461 e. The lowest BCUT2D eigenvalue weighted by molar-refractivity contribution is 0.976. The third-order valence-electron chi connectivity index (χ3n) is 0.333. The van der Waals surface area contributed by atoms with Crippen molar-refractivity contribution in [1.29, 1.82) is 0 Å². The van der Waals surface area contributed by atoms with Gasteiger partial charge in [-0.15, -0.1) is 39.5 Å². The maximum atomic E-state index is 4.90. The summed E-state index contributed by atoms with van der Waals surface area (Å²) in [5, 5.41) is 0. The standard InChI is InChI=1S/2C2H8N2.C2H7N.3C2H4/c2*3-1-2-4;1-2-3;3*1-2/h2*1-4H2;2-3H2,1H3;3*1-2H2. The number of rotatable bonds is 2. The molecule has 0 aliphatic rings. The highest BCUT2D eigenvalue weighted by Gasteiger charge is 1.54. The Morgan fingerprint density at radius 3 is 0.588 bits per heavy atom. The molecule has 108 valence electrons. The topological polar surface area (TPSA) is 130 Å². The molecule has 0 amide bonds. The van der Waals surface area contributed by atoms with Crippen molar-refractivity contribution in [3.05, 3.63) is 39.5 Å². The lowest BCUT2D eigenvalue weighted by Crippen LogP contribution is -2.11. The van der Waals surface area contributed by atoms with Crippen LogP contribution in [0.1, 0.15) is 6.92 Å². The van der Waals surface area contributed by atoms with E-state index in [1.807, 2.05) is 6.92 Å². The summed E-state index contributed by atoms with van der Waals surface area (Å²) < 4.78 is 0. The molecule has 0 atom stereocenters. The minimum Gasteiger partial charge on any atom is -0.331 e. The molecule has 0 aliphatic heterocycles. The molecular formula is C12H35N5. The molecule has 0 aromatic heterocycles. The van der Waals surface area contributed by atoms with Crippen LogP contribution in [0.25, 0.3) is 0 Å². The van der Waals surface area contributed by atoms with Crippen LogP contribution in [-0.2, 0) is 0 Å². The summed E-state index contributed by atoms with van der Waals surface area (Å²) >= 11 is 0. The fourth-order valence-electron chi connectivity index (χ4n) is 0. The van der Waals surface area contributed by atoms with E-state index in [9.17, 15) is 0 Å². The summed E-state index contributed by atoms with van der Waals surface area (Å²) in [6, 6.07) is 0. The van der Waals surface area contributed by atoms with E-state index in [-0.39, 0.29) is 0 Å². The normalized spacial score (nSPS) is 5.29. The monoisotopic (exact) mass is 249 g/mol. The lowest BCUT2D eigenvalue weighted by atomic mass is 10.7. The molecule has 0 aliphatic carbocycles. The van der Waals surface area contributed by atoms with E-state index in [2.05, 4.69) is 39.5 Å². The quantitative estimate of drug-likeness (QED) is 0.446. The van der Waals surface area contributed by atoms with E-state index >= 15 is 0 Å². The van der Waals surface area contributed by atoms with Crippen molar-refractivity contribution in [3.8, 4) is 0 Å². The molecule has 0 aromatic carbocycles. The average Bonchev–Trinajstić information content (AvgIpc) is 2.46. The van der Waals surface area contributed by atoms with Gasteiger partial charge in [-0.1, -0.05) is 6.92 Å². The van der Waals surface area contributed by atoms with Crippen LogP contribution >= 0.6 is 0 Å². The molecule has 0 bridgehead atoms. The van der Waals surface area contributed by atoms with E-state index in [1.54, 1.807) is 0 Å². The third kappa shape index (κ3) is 2450. The minimum absolute atomic E-state index is 0.597. The first kappa shape index (κ1) is 36.0. The van der Waals surface area contributed by atoms with Crippen LogP contribution in [0.3, 0.4) is 0 Å². The predicted octanol–water partition coefficient (Wildman–Crippen LogP) is 0.179. The Hall–Kier alpha value is -0.980. The minimum atomic E-state index is 0.597. The van der Waals surface area contributed by atoms with Gasteiger partial charge in [0.15, 0.2) is 0 Å². The molecule has 5 nitrogen and oxygen atoms in total. The second kappa shape index (κ2) is 183. The lowest BCUT2D eigenvalue weighted by Gasteiger charge is -1.72. The highest BCUT2D eigenvalue weighted by atomic mass is 14.6. The Morgan fingerprint density at radius 2 is 0.588 bits per heavy atom. The Kier molecular flexibility index (Phi) is 387. The molecule has 0 radical (unpaired) electrons. The van der Waals surface area contributed by atoms with Gasteiger partial charge >= 0.3 is 0 Å². The van der Waals surface area contributed by atoms with Crippen molar-refractivity contribution < 1.29 is 0 Å². The van der Waals surface area contributed by atoms with Gasteiger partial charge in [-0.05, 0) is 6.54 Å². The van der Waals surface area contributed by atoms with Gasteiger partial charge in [0.25, 0.3) is 0 Å². The zero-order valence-corrected chi connectivity index (χ0v) is 11.7. The second-order valence-corrected chi connectivity index (χ2v) is 1.56. The van der Waals surface area contributed by atoms with Crippen LogP contribution in [0.15, 0.2) is 39.5 Å².